The van der Waals surface area contributed by atoms with Crippen molar-refractivity contribution in [2.24, 2.45) is 0 Å². The number of piperazine rings is 1. The van der Waals surface area contributed by atoms with Crippen molar-refractivity contribution in [3.63, 3.8) is 0 Å². The highest BCUT2D eigenvalue weighted by Gasteiger charge is 2.29. The van der Waals surface area contributed by atoms with Crippen molar-refractivity contribution in [3.8, 4) is 17.0 Å². The molecule has 4 rings (SSSR count). The van der Waals surface area contributed by atoms with Crippen LogP contribution in [0.15, 0.2) is 65.6 Å². The van der Waals surface area contributed by atoms with Gasteiger partial charge in [0.1, 0.15) is 17.4 Å². The van der Waals surface area contributed by atoms with E-state index in [-0.39, 0.29) is 4.90 Å². The molecule has 0 bridgehead atoms. The highest BCUT2D eigenvalue weighted by molar-refractivity contribution is 7.89. The van der Waals surface area contributed by atoms with Crippen LogP contribution in [0.4, 0.5) is 5.82 Å². The van der Waals surface area contributed by atoms with Gasteiger partial charge in [-0.3, -0.25) is 0 Å². The average Bonchev–Trinajstić information content (AvgIpc) is 2.79. The van der Waals surface area contributed by atoms with Gasteiger partial charge in [-0.15, -0.1) is 0 Å². The summed E-state index contributed by atoms with van der Waals surface area (Å²) in [6, 6.07) is 18.4. The number of benzene rings is 2. The number of anilines is 1. The molecule has 1 saturated heterocycles. The first kappa shape index (κ1) is 20.3. The number of hydrogen-bond donors (Lipinski definition) is 0. The third kappa shape index (κ3) is 4.15. The van der Waals surface area contributed by atoms with E-state index in [1.165, 1.54) is 4.31 Å². The number of aromatic nitrogens is 2. The van der Waals surface area contributed by atoms with Crippen LogP contribution >= 0.6 is 0 Å². The van der Waals surface area contributed by atoms with E-state index in [0.29, 0.717) is 37.8 Å². The minimum absolute atomic E-state index is 0.279. The summed E-state index contributed by atoms with van der Waals surface area (Å²) < 4.78 is 32.6. The van der Waals surface area contributed by atoms with Gasteiger partial charge >= 0.3 is 0 Å². The number of ether oxygens (including phenoxy) is 1. The van der Waals surface area contributed by atoms with Crippen LogP contribution in [0.5, 0.6) is 5.75 Å². The second kappa shape index (κ2) is 8.41. The van der Waals surface area contributed by atoms with Crippen LogP contribution in [-0.4, -0.2) is 56.0 Å². The third-order valence-corrected chi connectivity index (χ3v) is 7.07. The second-order valence-electron chi connectivity index (χ2n) is 7.09. The molecule has 156 valence electrons. The highest BCUT2D eigenvalue weighted by Crippen LogP contribution is 2.25. The first-order valence-electron chi connectivity index (χ1n) is 9.77. The number of hydrogen-bond acceptors (Lipinski definition) is 6. The lowest BCUT2D eigenvalue weighted by Gasteiger charge is -2.34. The molecule has 1 fully saturated rings. The lowest BCUT2D eigenvalue weighted by Crippen LogP contribution is -2.49. The van der Waals surface area contributed by atoms with Gasteiger partial charge in [0.15, 0.2) is 0 Å². The van der Waals surface area contributed by atoms with E-state index < -0.39 is 10.0 Å². The van der Waals surface area contributed by atoms with Crippen LogP contribution < -0.4 is 9.64 Å². The number of nitrogens with zero attached hydrogens (tertiary/aromatic N) is 4. The molecule has 7 nitrogen and oxygen atoms in total. The Labute approximate surface area is 177 Å². The van der Waals surface area contributed by atoms with Crippen molar-refractivity contribution in [2.45, 2.75) is 11.8 Å². The standard InChI is InChI=1S/C22H24N4O3S/c1-17-23-21(18-6-4-3-5-7-18)16-22(24-17)25-12-14-26(15-13-25)30(27,28)20-10-8-19(29-2)9-11-20/h3-11,16H,12-15H2,1-2H3. The summed E-state index contributed by atoms with van der Waals surface area (Å²) in [5.41, 5.74) is 1.90. The Morgan fingerprint density at radius 2 is 1.57 bits per heavy atom. The van der Waals surface area contributed by atoms with E-state index in [9.17, 15) is 8.42 Å². The quantitative estimate of drug-likeness (QED) is 0.627. The first-order valence-corrected chi connectivity index (χ1v) is 11.2. The van der Waals surface area contributed by atoms with E-state index in [4.69, 9.17) is 4.74 Å². The topological polar surface area (TPSA) is 75.6 Å². The van der Waals surface area contributed by atoms with Crippen LogP contribution in [-0.2, 0) is 10.0 Å². The SMILES string of the molecule is COc1ccc(S(=O)(=O)N2CCN(c3cc(-c4ccccc4)nc(C)n3)CC2)cc1. The Kier molecular flexibility index (Phi) is 5.69. The summed E-state index contributed by atoms with van der Waals surface area (Å²) in [5.74, 6) is 2.15. The van der Waals surface area contributed by atoms with Crippen LogP contribution in [0, 0.1) is 6.92 Å². The monoisotopic (exact) mass is 424 g/mol. The van der Waals surface area contributed by atoms with Gasteiger partial charge in [-0.2, -0.15) is 4.31 Å². The second-order valence-corrected chi connectivity index (χ2v) is 9.03. The Bertz CT molecular complexity index is 1110. The van der Waals surface area contributed by atoms with Crippen molar-refractivity contribution in [1.82, 2.24) is 14.3 Å². The van der Waals surface area contributed by atoms with Gasteiger partial charge in [0.2, 0.25) is 10.0 Å². The van der Waals surface area contributed by atoms with Crippen LogP contribution in [0.1, 0.15) is 5.82 Å². The normalized spacial score (nSPS) is 15.2. The number of sulfonamides is 1. The smallest absolute Gasteiger partial charge is 0.243 e. The summed E-state index contributed by atoms with van der Waals surface area (Å²) in [5, 5.41) is 0. The molecule has 0 radical (unpaired) electrons. The molecule has 8 heteroatoms. The molecule has 0 aliphatic carbocycles. The molecule has 2 heterocycles. The summed E-state index contributed by atoms with van der Waals surface area (Å²) >= 11 is 0. The fourth-order valence-corrected chi connectivity index (χ4v) is 4.95. The van der Waals surface area contributed by atoms with Gasteiger partial charge in [-0.1, -0.05) is 30.3 Å². The van der Waals surface area contributed by atoms with E-state index in [2.05, 4.69) is 14.9 Å². The summed E-state index contributed by atoms with van der Waals surface area (Å²) in [7, 11) is -1.98. The van der Waals surface area contributed by atoms with E-state index in [0.717, 1.165) is 17.1 Å². The molecule has 3 aromatic rings. The summed E-state index contributed by atoms with van der Waals surface area (Å²) in [6.07, 6.45) is 0. The molecule has 1 aliphatic rings. The lowest BCUT2D eigenvalue weighted by atomic mass is 10.1. The maximum absolute atomic E-state index is 13.0. The van der Waals surface area contributed by atoms with Crippen molar-refractivity contribution in [1.29, 1.82) is 0 Å². The number of methoxy groups -OCH3 is 1. The molecule has 1 aromatic heterocycles. The largest absolute Gasteiger partial charge is 0.497 e. The molecule has 30 heavy (non-hydrogen) atoms. The van der Waals surface area contributed by atoms with Gasteiger partial charge in [-0.05, 0) is 31.2 Å². The van der Waals surface area contributed by atoms with Gasteiger partial charge in [0.05, 0.1) is 17.7 Å². The van der Waals surface area contributed by atoms with Gasteiger partial charge in [0, 0.05) is 37.8 Å². The van der Waals surface area contributed by atoms with E-state index in [1.54, 1.807) is 31.4 Å². The van der Waals surface area contributed by atoms with E-state index in [1.807, 2.05) is 43.3 Å². The van der Waals surface area contributed by atoms with Gasteiger partial charge < -0.3 is 9.64 Å². The van der Waals surface area contributed by atoms with Crippen molar-refractivity contribution in [3.05, 3.63) is 66.5 Å². The minimum atomic E-state index is -3.53. The molecule has 0 amide bonds. The third-order valence-electron chi connectivity index (χ3n) is 5.15. The molecule has 0 spiro atoms. The molecule has 0 saturated carbocycles. The Hall–Kier alpha value is -2.97. The lowest BCUT2D eigenvalue weighted by molar-refractivity contribution is 0.383. The Morgan fingerprint density at radius 1 is 0.900 bits per heavy atom. The summed E-state index contributed by atoms with van der Waals surface area (Å²) in [4.78, 5) is 11.5. The molecule has 1 aliphatic heterocycles. The van der Waals surface area contributed by atoms with Crippen molar-refractivity contribution < 1.29 is 13.2 Å². The van der Waals surface area contributed by atoms with Crippen molar-refractivity contribution >= 4 is 15.8 Å². The minimum Gasteiger partial charge on any atom is -0.497 e. The molecule has 0 unspecified atom stereocenters. The zero-order valence-corrected chi connectivity index (χ0v) is 17.8. The van der Waals surface area contributed by atoms with Crippen LogP contribution in [0.2, 0.25) is 0 Å². The molecule has 0 atom stereocenters. The van der Waals surface area contributed by atoms with Gasteiger partial charge in [0.25, 0.3) is 0 Å². The zero-order valence-electron chi connectivity index (χ0n) is 17.0. The predicted molar refractivity (Wildman–Crippen MR) is 116 cm³/mol. The Morgan fingerprint density at radius 3 is 2.20 bits per heavy atom. The number of rotatable bonds is 5. The fourth-order valence-electron chi connectivity index (χ4n) is 3.53. The maximum atomic E-state index is 13.0. The fraction of sp³-hybridized carbons (Fsp3) is 0.273. The highest BCUT2D eigenvalue weighted by atomic mass is 32.2. The van der Waals surface area contributed by atoms with Crippen LogP contribution in [0.25, 0.3) is 11.3 Å². The predicted octanol–water partition coefficient (Wildman–Crippen LogP) is 2.97. The average molecular weight is 425 g/mol. The zero-order chi connectivity index (χ0) is 21.1. The molecular formula is C22H24N4O3S. The Balaban J connectivity index is 1.50. The van der Waals surface area contributed by atoms with E-state index >= 15 is 0 Å². The first-order chi connectivity index (χ1) is 14.5. The molecular weight excluding hydrogens is 400 g/mol. The van der Waals surface area contributed by atoms with Gasteiger partial charge in [-0.25, -0.2) is 18.4 Å². The van der Waals surface area contributed by atoms with Crippen LogP contribution in [0.3, 0.4) is 0 Å². The molecule has 0 N–H and O–H groups in total. The number of aryl methyl sites for hydroxylation is 1. The molecule has 2 aromatic carbocycles. The van der Waals surface area contributed by atoms with Crippen molar-refractivity contribution in [2.75, 3.05) is 38.2 Å². The summed E-state index contributed by atoms with van der Waals surface area (Å²) in [6.45, 7) is 3.82. The maximum Gasteiger partial charge on any atom is 0.243 e.